The summed E-state index contributed by atoms with van der Waals surface area (Å²) >= 11 is 0. The highest BCUT2D eigenvalue weighted by atomic mass is 31.1. The largest absolute Gasteiger partial charge is 0.0754 e. The van der Waals surface area contributed by atoms with E-state index >= 15 is 0 Å². The molecule has 0 nitrogen and oxygen atoms in total. The Morgan fingerprint density at radius 1 is 0.409 bits per heavy atom. The van der Waals surface area contributed by atoms with Gasteiger partial charge in [-0.3, -0.25) is 0 Å². The molecule has 106 valence electrons. The topological polar surface area (TPSA) is 0 Å². The Bertz CT molecular complexity index is 801. The first-order chi connectivity index (χ1) is 10.7. The third-order valence-corrected chi connectivity index (χ3v) is 6.86. The molecule has 3 aromatic carbocycles. The van der Waals surface area contributed by atoms with Crippen molar-refractivity contribution in [3.8, 4) is 0 Å². The summed E-state index contributed by atoms with van der Waals surface area (Å²) in [5.74, 6) is 0. The van der Waals surface area contributed by atoms with E-state index in [1.165, 1.54) is 42.8 Å². The minimum atomic E-state index is 1.05. The monoisotopic (exact) mass is 354 g/mol. The van der Waals surface area contributed by atoms with E-state index in [1.54, 1.807) is 0 Å². The van der Waals surface area contributed by atoms with Gasteiger partial charge in [-0.2, -0.15) is 0 Å². The van der Waals surface area contributed by atoms with Crippen molar-refractivity contribution in [3.63, 3.8) is 0 Å². The third-order valence-electron chi connectivity index (χ3n) is 3.66. The van der Waals surface area contributed by atoms with Gasteiger partial charge in [0.05, 0.1) is 0 Å². The summed E-state index contributed by atoms with van der Waals surface area (Å²) < 4.78 is 0. The fourth-order valence-electron chi connectivity index (χ4n) is 2.56. The average molecular weight is 354 g/mol. The van der Waals surface area contributed by atoms with E-state index in [0.29, 0.717) is 0 Å². The van der Waals surface area contributed by atoms with Gasteiger partial charge in [0.15, 0.2) is 0 Å². The molecule has 3 rings (SSSR count). The van der Waals surface area contributed by atoms with Crippen LogP contribution in [0.1, 0.15) is 0 Å². The van der Waals surface area contributed by atoms with Crippen molar-refractivity contribution in [1.82, 2.24) is 0 Å². The van der Waals surface area contributed by atoms with Gasteiger partial charge in [-0.25, -0.2) is 0 Å². The van der Waals surface area contributed by atoms with Crippen LogP contribution in [0, 0.1) is 0 Å². The molecule has 0 aliphatic carbocycles. The SMILES string of the molecule is C=Pc1cc2cc3cc(P=C)c(P=C)cc3cc2cc1P=C. The molecular weight excluding hydrogens is 340 g/mol. The van der Waals surface area contributed by atoms with Crippen LogP contribution < -0.4 is 21.2 Å². The molecule has 0 amide bonds. The van der Waals surface area contributed by atoms with Crippen LogP contribution in [0.5, 0.6) is 0 Å². The van der Waals surface area contributed by atoms with Gasteiger partial charge in [-0.05, 0) is 57.9 Å². The zero-order valence-corrected chi connectivity index (χ0v) is 15.7. The number of rotatable bonds is 4. The number of hydrogen-bond donors (Lipinski definition) is 0. The second kappa shape index (κ2) is 6.54. The summed E-state index contributed by atoms with van der Waals surface area (Å²) in [7, 11) is 4.18. The zero-order valence-electron chi connectivity index (χ0n) is 12.1. The lowest BCUT2D eigenvalue weighted by molar-refractivity contribution is 1.88. The smallest absolute Gasteiger partial charge is 0.0137 e. The molecule has 0 spiro atoms. The first-order valence-corrected chi connectivity index (χ1v) is 10.9. The summed E-state index contributed by atoms with van der Waals surface area (Å²) in [4.78, 5) is 0. The van der Waals surface area contributed by atoms with Crippen molar-refractivity contribution in [2.24, 2.45) is 0 Å². The summed E-state index contributed by atoms with van der Waals surface area (Å²) in [5, 5.41) is 10.1. The first-order valence-electron chi connectivity index (χ1n) is 6.62. The summed E-state index contributed by atoms with van der Waals surface area (Å²) in [5.41, 5.74) is 0. The van der Waals surface area contributed by atoms with E-state index in [0.717, 1.165) is 32.8 Å². The molecule has 0 aliphatic rings. The van der Waals surface area contributed by atoms with E-state index in [9.17, 15) is 0 Å². The second-order valence-corrected chi connectivity index (χ2v) is 8.05. The molecule has 0 radical (unpaired) electrons. The molecule has 0 atom stereocenters. The van der Waals surface area contributed by atoms with Gasteiger partial charge >= 0.3 is 0 Å². The van der Waals surface area contributed by atoms with Gasteiger partial charge < -0.3 is 0 Å². The minimum absolute atomic E-state index is 1.05. The minimum Gasteiger partial charge on any atom is -0.0754 e. The third kappa shape index (κ3) is 2.74. The van der Waals surface area contributed by atoms with E-state index in [4.69, 9.17) is 0 Å². The van der Waals surface area contributed by atoms with Crippen LogP contribution in [-0.4, -0.2) is 25.2 Å². The molecule has 0 heterocycles. The zero-order chi connectivity index (χ0) is 15.7. The second-order valence-electron chi connectivity index (χ2n) is 4.86. The van der Waals surface area contributed by atoms with Crippen molar-refractivity contribution < 1.29 is 0 Å². The normalized spacial score (nSPS) is 12.0. The van der Waals surface area contributed by atoms with Crippen molar-refractivity contribution >= 4 is 101 Å². The maximum absolute atomic E-state index is 4.01. The molecule has 0 aromatic heterocycles. The fourth-order valence-corrected chi connectivity index (χ4v) is 5.24. The maximum Gasteiger partial charge on any atom is 0.0137 e. The van der Waals surface area contributed by atoms with Crippen molar-refractivity contribution in [3.05, 3.63) is 36.4 Å². The average Bonchev–Trinajstić information content (AvgIpc) is 2.57. The van der Waals surface area contributed by atoms with Crippen LogP contribution in [0.4, 0.5) is 0 Å². The lowest BCUT2D eigenvalue weighted by Crippen LogP contribution is -2.13. The van der Waals surface area contributed by atoms with Crippen LogP contribution in [0.3, 0.4) is 0 Å². The molecule has 0 saturated carbocycles. The molecule has 0 unspecified atom stereocenters. The Hall–Kier alpha value is -1.14. The highest BCUT2D eigenvalue weighted by Gasteiger charge is 2.06. The van der Waals surface area contributed by atoms with E-state index in [1.807, 2.05) is 0 Å². The molecule has 22 heavy (non-hydrogen) atoms. The Labute approximate surface area is 137 Å². The fraction of sp³-hybridized carbons (Fsp3) is 0. The molecule has 0 bridgehead atoms. The van der Waals surface area contributed by atoms with Gasteiger partial charge in [0, 0.05) is 21.2 Å². The first kappa shape index (κ1) is 15.7. The Balaban J connectivity index is 2.40. The van der Waals surface area contributed by atoms with Gasteiger partial charge in [0.1, 0.15) is 0 Å². The Kier molecular flexibility index (Phi) is 4.68. The molecule has 0 saturated heterocycles. The van der Waals surface area contributed by atoms with Gasteiger partial charge in [-0.15, -0.1) is 0 Å². The van der Waals surface area contributed by atoms with Gasteiger partial charge in [0.25, 0.3) is 0 Å². The van der Waals surface area contributed by atoms with Crippen LogP contribution in [0.25, 0.3) is 21.5 Å². The lowest BCUT2D eigenvalue weighted by atomic mass is 10.0. The predicted molar refractivity (Wildman–Crippen MR) is 116 cm³/mol. The molecule has 0 N–H and O–H groups in total. The Morgan fingerprint density at radius 2 is 0.636 bits per heavy atom. The summed E-state index contributed by atoms with van der Waals surface area (Å²) in [6.07, 6.45) is 16.0. The van der Waals surface area contributed by atoms with E-state index in [-0.39, 0.29) is 0 Å². The number of benzene rings is 3. The van der Waals surface area contributed by atoms with Gasteiger partial charge in [0.2, 0.25) is 0 Å². The van der Waals surface area contributed by atoms with Gasteiger partial charge in [-0.1, -0.05) is 58.0 Å². The maximum atomic E-state index is 4.01. The standard InChI is InChI=1S/C18H14P4/c1-19-15-7-11-5-13-9-17(21-3)18(22-4)10-14(13)6-12(11)8-16(15)20-2/h5-10H,1-4H2. The van der Waals surface area contributed by atoms with E-state index < -0.39 is 0 Å². The molecule has 0 fully saturated rings. The van der Waals surface area contributed by atoms with Crippen LogP contribution in [0.2, 0.25) is 0 Å². The summed E-state index contributed by atoms with van der Waals surface area (Å²) in [6, 6.07) is 13.5. The van der Waals surface area contributed by atoms with Crippen molar-refractivity contribution in [2.75, 3.05) is 0 Å². The molecular formula is C18H14P4. The predicted octanol–water partition coefficient (Wildman–Crippen LogP) is 4.01. The molecule has 0 aliphatic heterocycles. The van der Waals surface area contributed by atoms with Crippen LogP contribution in [-0.2, 0) is 0 Å². The number of hydrogen-bond acceptors (Lipinski definition) is 0. The summed E-state index contributed by atoms with van der Waals surface area (Å²) in [6.45, 7) is 0. The highest BCUT2D eigenvalue weighted by molar-refractivity contribution is 7.53. The lowest BCUT2D eigenvalue weighted by Gasteiger charge is -2.08. The molecule has 4 heteroatoms. The van der Waals surface area contributed by atoms with Crippen molar-refractivity contribution in [1.29, 1.82) is 0 Å². The van der Waals surface area contributed by atoms with Crippen LogP contribution in [0.15, 0.2) is 36.4 Å². The molecule has 3 aromatic rings. The van der Waals surface area contributed by atoms with Crippen LogP contribution >= 0.6 is 32.8 Å². The quantitative estimate of drug-likeness (QED) is 0.491. The number of fused-ring (bicyclic) bond motifs is 2. The highest BCUT2D eigenvalue weighted by Crippen LogP contribution is 2.23. The Morgan fingerprint density at radius 3 is 0.818 bits per heavy atom. The van der Waals surface area contributed by atoms with Crippen molar-refractivity contribution in [2.45, 2.75) is 0 Å². The van der Waals surface area contributed by atoms with E-state index in [2.05, 4.69) is 61.6 Å².